The van der Waals surface area contributed by atoms with Gasteiger partial charge in [-0.3, -0.25) is 0 Å². The molecule has 80 valence electrons. The van der Waals surface area contributed by atoms with E-state index in [1.165, 1.54) is 0 Å². The van der Waals surface area contributed by atoms with E-state index in [1.807, 2.05) is 31.2 Å². The number of aryl methyl sites for hydroxylation is 1. The minimum atomic E-state index is 0.515. The van der Waals surface area contributed by atoms with Gasteiger partial charge in [-0.1, -0.05) is 25.6 Å². The van der Waals surface area contributed by atoms with Gasteiger partial charge in [-0.25, -0.2) is 4.98 Å². The molecule has 0 radical (unpaired) electrons. The summed E-state index contributed by atoms with van der Waals surface area (Å²) in [5.41, 5.74) is 0. The van der Waals surface area contributed by atoms with Crippen molar-refractivity contribution in [3.05, 3.63) is 12.4 Å². The number of hydrogen-bond acceptors (Lipinski definition) is 3. The van der Waals surface area contributed by atoms with Gasteiger partial charge in [0.25, 0.3) is 0 Å². The van der Waals surface area contributed by atoms with Gasteiger partial charge in [0.15, 0.2) is 5.16 Å². The van der Waals surface area contributed by atoms with E-state index in [9.17, 15) is 0 Å². The van der Waals surface area contributed by atoms with E-state index in [0.717, 1.165) is 11.7 Å². The van der Waals surface area contributed by atoms with Crippen LogP contribution < -0.4 is 5.32 Å². The molecule has 1 N–H and O–H groups in total. The summed E-state index contributed by atoms with van der Waals surface area (Å²) in [6, 6.07) is 0.515. The highest BCUT2D eigenvalue weighted by Crippen LogP contribution is 2.22. The van der Waals surface area contributed by atoms with E-state index in [4.69, 9.17) is 0 Å². The van der Waals surface area contributed by atoms with Crippen molar-refractivity contribution in [1.29, 1.82) is 0 Å². The average molecular weight is 213 g/mol. The SMILES string of the molecule is CCNC(C)C(C)Sc1nccn1C. The zero-order valence-corrected chi connectivity index (χ0v) is 10.1. The molecule has 0 amide bonds. The Morgan fingerprint density at radius 1 is 1.57 bits per heavy atom. The van der Waals surface area contributed by atoms with Crippen molar-refractivity contribution in [2.75, 3.05) is 6.54 Å². The number of thioether (sulfide) groups is 1. The van der Waals surface area contributed by atoms with Gasteiger partial charge < -0.3 is 9.88 Å². The zero-order valence-electron chi connectivity index (χ0n) is 9.32. The Kier molecular flexibility index (Phi) is 4.48. The summed E-state index contributed by atoms with van der Waals surface area (Å²) in [4.78, 5) is 4.30. The summed E-state index contributed by atoms with van der Waals surface area (Å²) < 4.78 is 2.06. The van der Waals surface area contributed by atoms with Crippen molar-refractivity contribution in [2.45, 2.75) is 37.2 Å². The van der Waals surface area contributed by atoms with Gasteiger partial charge in [0, 0.05) is 30.7 Å². The van der Waals surface area contributed by atoms with Crippen LogP contribution in [0.5, 0.6) is 0 Å². The number of nitrogens with one attached hydrogen (secondary N) is 1. The third-order valence-corrected chi connectivity index (χ3v) is 3.68. The van der Waals surface area contributed by atoms with E-state index in [-0.39, 0.29) is 0 Å². The van der Waals surface area contributed by atoms with Gasteiger partial charge in [-0.15, -0.1) is 0 Å². The highest BCUT2D eigenvalue weighted by atomic mass is 32.2. The monoisotopic (exact) mass is 213 g/mol. The molecule has 0 spiro atoms. The molecule has 4 heteroatoms. The minimum absolute atomic E-state index is 0.515. The first-order chi connectivity index (χ1) is 6.65. The smallest absolute Gasteiger partial charge is 0.167 e. The van der Waals surface area contributed by atoms with Crippen molar-refractivity contribution < 1.29 is 0 Å². The maximum Gasteiger partial charge on any atom is 0.167 e. The zero-order chi connectivity index (χ0) is 10.6. The molecular formula is C10H19N3S. The molecule has 0 aromatic carbocycles. The van der Waals surface area contributed by atoms with Gasteiger partial charge in [-0.05, 0) is 13.5 Å². The van der Waals surface area contributed by atoms with E-state index in [0.29, 0.717) is 11.3 Å². The highest BCUT2D eigenvalue weighted by Gasteiger charge is 2.14. The number of nitrogens with zero attached hydrogens (tertiary/aromatic N) is 2. The van der Waals surface area contributed by atoms with Gasteiger partial charge in [-0.2, -0.15) is 0 Å². The standard InChI is InChI=1S/C10H19N3S/c1-5-11-8(2)9(3)14-10-12-6-7-13(10)4/h6-9,11H,5H2,1-4H3. The molecule has 2 atom stereocenters. The molecule has 0 saturated carbocycles. The van der Waals surface area contributed by atoms with Crippen LogP contribution in [0.2, 0.25) is 0 Å². The molecule has 0 aliphatic rings. The Morgan fingerprint density at radius 3 is 2.79 bits per heavy atom. The number of hydrogen-bond donors (Lipinski definition) is 1. The van der Waals surface area contributed by atoms with Gasteiger partial charge in [0.2, 0.25) is 0 Å². The molecule has 0 fully saturated rings. The van der Waals surface area contributed by atoms with Crippen molar-refractivity contribution in [3.8, 4) is 0 Å². The predicted octanol–water partition coefficient (Wildman–Crippen LogP) is 1.90. The molecule has 0 bridgehead atoms. The number of rotatable bonds is 5. The third kappa shape index (κ3) is 3.03. The summed E-state index contributed by atoms with van der Waals surface area (Å²) in [5.74, 6) is 0. The topological polar surface area (TPSA) is 29.9 Å². The van der Waals surface area contributed by atoms with Gasteiger partial charge in [0.1, 0.15) is 0 Å². The fraction of sp³-hybridized carbons (Fsp3) is 0.700. The fourth-order valence-corrected chi connectivity index (χ4v) is 2.20. The molecule has 0 saturated heterocycles. The second kappa shape index (κ2) is 5.41. The third-order valence-electron chi connectivity index (χ3n) is 2.30. The Labute approximate surface area is 90.3 Å². The molecule has 14 heavy (non-hydrogen) atoms. The second-order valence-corrected chi connectivity index (χ2v) is 4.83. The van der Waals surface area contributed by atoms with Crippen LogP contribution in [-0.2, 0) is 7.05 Å². The largest absolute Gasteiger partial charge is 0.329 e. The molecule has 3 nitrogen and oxygen atoms in total. The van der Waals surface area contributed by atoms with Crippen LogP contribution in [0.15, 0.2) is 17.6 Å². The Balaban J connectivity index is 2.48. The van der Waals surface area contributed by atoms with Crippen LogP contribution in [-0.4, -0.2) is 27.4 Å². The fourth-order valence-electron chi connectivity index (χ4n) is 1.22. The Morgan fingerprint density at radius 2 is 2.29 bits per heavy atom. The van der Waals surface area contributed by atoms with Crippen LogP contribution in [0.3, 0.4) is 0 Å². The van der Waals surface area contributed by atoms with E-state index in [2.05, 4.69) is 35.6 Å². The van der Waals surface area contributed by atoms with Crippen molar-refractivity contribution in [3.63, 3.8) is 0 Å². The first-order valence-electron chi connectivity index (χ1n) is 5.02. The maximum absolute atomic E-state index is 4.30. The van der Waals surface area contributed by atoms with Crippen LogP contribution in [0, 0.1) is 0 Å². The summed E-state index contributed by atoms with van der Waals surface area (Å²) in [6.07, 6.45) is 3.82. The van der Waals surface area contributed by atoms with Crippen LogP contribution in [0.25, 0.3) is 0 Å². The lowest BCUT2D eigenvalue weighted by molar-refractivity contribution is 0.561. The summed E-state index contributed by atoms with van der Waals surface area (Å²) in [6.45, 7) is 7.60. The normalized spacial score (nSPS) is 15.4. The van der Waals surface area contributed by atoms with E-state index in [1.54, 1.807) is 0 Å². The lowest BCUT2D eigenvalue weighted by atomic mass is 10.2. The lowest BCUT2D eigenvalue weighted by Gasteiger charge is -2.19. The van der Waals surface area contributed by atoms with Crippen molar-refractivity contribution in [1.82, 2.24) is 14.9 Å². The van der Waals surface area contributed by atoms with E-state index >= 15 is 0 Å². The number of imidazole rings is 1. The van der Waals surface area contributed by atoms with Gasteiger partial charge >= 0.3 is 0 Å². The molecule has 1 aromatic rings. The first-order valence-corrected chi connectivity index (χ1v) is 5.90. The molecule has 1 rings (SSSR count). The van der Waals surface area contributed by atoms with Gasteiger partial charge in [0.05, 0.1) is 0 Å². The quantitative estimate of drug-likeness (QED) is 0.758. The summed E-state index contributed by atoms with van der Waals surface area (Å²) >= 11 is 1.81. The predicted molar refractivity (Wildman–Crippen MR) is 61.7 cm³/mol. The maximum atomic E-state index is 4.30. The number of aromatic nitrogens is 2. The molecular weight excluding hydrogens is 194 g/mol. The van der Waals surface area contributed by atoms with Crippen LogP contribution in [0.4, 0.5) is 0 Å². The van der Waals surface area contributed by atoms with Crippen molar-refractivity contribution >= 4 is 11.8 Å². The Bertz CT molecular complexity index is 272. The summed E-state index contributed by atoms with van der Waals surface area (Å²) in [5, 5.41) is 5.04. The summed E-state index contributed by atoms with van der Waals surface area (Å²) in [7, 11) is 2.03. The van der Waals surface area contributed by atoms with E-state index < -0.39 is 0 Å². The second-order valence-electron chi connectivity index (χ2n) is 3.49. The van der Waals surface area contributed by atoms with Crippen molar-refractivity contribution in [2.24, 2.45) is 7.05 Å². The average Bonchev–Trinajstić information content (AvgIpc) is 2.52. The lowest BCUT2D eigenvalue weighted by Crippen LogP contribution is -2.33. The minimum Gasteiger partial charge on any atom is -0.329 e. The molecule has 1 aromatic heterocycles. The molecule has 1 heterocycles. The van der Waals surface area contributed by atoms with Crippen LogP contribution in [0.1, 0.15) is 20.8 Å². The molecule has 0 aliphatic heterocycles. The molecule has 0 aliphatic carbocycles. The first kappa shape index (κ1) is 11.6. The van der Waals surface area contributed by atoms with Crippen LogP contribution >= 0.6 is 11.8 Å². The highest BCUT2D eigenvalue weighted by molar-refractivity contribution is 7.99. The molecule has 2 unspecified atom stereocenters. The Hall–Kier alpha value is -0.480.